The molecule has 3 aromatic heterocycles. The molecule has 3 aromatic carbocycles. The Labute approximate surface area is 358 Å². The lowest BCUT2D eigenvalue weighted by atomic mass is 9.92. The van der Waals surface area contributed by atoms with Gasteiger partial charge in [-0.2, -0.15) is 22.6 Å². The van der Waals surface area contributed by atoms with Crippen molar-refractivity contribution in [3.05, 3.63) is 100 Å². The number of hydrogen-bond acceptors (Lipinski definition) is 12. The lowest BCUT2D eigenvalue weighted by Crippen LogP contribution is -2.45. The van der Waals surface area contributed by atoms with E-state index >= 15 is 0 Å². The number of fused-ring (bicyclic) bond motifs is 2. The highest BCUT2D eigenvalue weighted by molar-refractivity contribution is 7.13. The highest BCUT2D eigenvalue weighted by Gasteiger charge is 2.31. The van der Waals surface area contributed by atoms with E-state index < -0.39 is 31.0 Å². The first-order chi connectivity index (χ1) is 29.3. The van der Waals surface area contributed by atoms with E-state index in [0.717, 1.165) is 60.2 Å². The highest BCUT2D eigenvalue weighted by atomic mass is 35.5. The Kier molecular flexibility index (Phi) is 12.4. The average Bonchev–Trinajstić information content (AvgIpc) is 3.96. The van der Waals surface area contributed by atoms with Crippen LogP contribution in [0.3, 0.4) is 0 Å². The van der Waals surface area contributed by atoms with E-state index in [1.54, 1.807) is 30.5 Å². The van der Waals surface area contributed by atoms with Gasteiger partial charge in [0.05, 0.1) is 26.5 Å². The van der Waals surface area contributed by atoms with Crippen molar-refractivity contribution in [3.63, 3.8) is 0 Å². The van der Waals surface area contributed by atoms with Crippen LogP contribution in [0.4, 0.5) is 18.9 Å². The van der Waals surface area contributed by atoms with Gasteiger partial charge in [0.1, 0.15) is 37.5 Å². The number of nitrogens with one attached hydrogen (secondary N) is 1. The molecule has 1 saturated heterocycles. The number of rotatable bonds is 15. The Bertz CT molecular complexity index is 2540. The van der Waals surface area contributed by atoms with E-state index in [9.17, 15) is 28.2 Å². The monoisotopic (exact) mass is 877 g/mol. The number of halogens is 4. The number of alkyl halides is 3. The Morgan fingerprint density at radius 1 is 1.03 bits per heavy atom. The van der Waals surface area contributed by atoms with Crippen LogP contribution < -0.4 is 19.5 Å². The van der Waals surface area contributed by atoms with Crippen molar-refractivity contribution in [1.82, 2.24) is 28.9 Å². The van der Waals surface area contributed by atoms with Gasteiger partial charge in [-0.3, -0.25) is 14.6 Å². The zero-order valence-corrected chi connectivity index (χ0v) is 34.9. The number of aromatic nitrogens is 4. The first-order valence-electron chi connectivity index (χ1n) is 19.7. The molecule has 1 fully saturated rings. The Balaban J connectivity index is 1.13. The fraction of sp³-hybridized carbons (Fsp3) is 0.349. The SMILES string of the molecule is Cc1c(-c2c(-c3cccc4c3NC(O)C4)ncc3snc(OC(Cc4ccccc4OCc4ccnn4CC(F)(F)F)C(=O)O)c23)ccc(OCCN2CCN(C)CC2)c1Cl. The van der Waals surface area contributed by atoms with Crippen LogP contribution in [0.1, 0.15) is 22.4 Å². The molecule has 2 atom stereocenters. The van der Waals surface area contributed by atoms with E-state index in [4.69, 9.17) is 30.8 Å². The number of piperazine rings is 1. The quantitative estimate of drug-likeness (QED) is 0.0951. The minimum atomic E-state index is -4.48. The van der Waals surface area contributed by atoms with Crippen LogP contribution >= 0.6 is 23.1 Å². The summed E-state index contributed by atoms with van der Waals surface area (Å²) in [6, 6.07) is 17.6. The van der Waals surface area contributed by atoms with Gasteiger partial charge in [0, 0.05) is 74.8 Å². The number of para-hydroxylation sites is 2. The van der Waals surface area contributed by atoms with Crippen LogP contribution in [0.15, 0.2) is 73.1 Å². The fourth-order valence-electron chi connectivity index (χ4n) is 7.69. The van der Waals surface area contributed by atoms with E-state index in [2.05, 4.69) is 31.6 Å². The van der Waals surface area contributed by atoms with Gasteiger partial charge in [-0.1, -0.05) is 54.1 Å². The summed E-state index contributed by atoms with van der Waals surface area (Å²) in [5.41, 5.74) is 5.52. The van der Waals surface area contributed by atoms with Crippen LogP contribution in [0.25, 0.3) is 32.5 Å². The molecule has 0 saturated carbocycles. The van der Waals surface area contributed by atoms with Gasteiger partial charge in [0.15, 0.2) is 0 Å². The second-order valence-corrected chi connectivity index (χ2v) is 16.3. The molecule has 5 heterocycles. The summed E-state index contributed by atoms with van der Waals surface area (Å²) in [6.07, 6.45) is -3.56. The van der Waals surface area contributed by atoms with Gasteiger partial charge < -0.3 is 34.6 Å². The zero-order chi connectivity index (χ0) is 42.8. The average molecular weight is 878 g/mol. The summed E-state index contributed by atoms with van der Waals surface area (Å²) in [6.45, 7) is 5.51. The molecule has 6 aromatic rings. The molecule has 0 bridgehead atoms. The smallest absolute Gasteiger partial charge is 0.408 e. The molecule has 61 heavy (non-hydrogen) atoms. The number of carboxylic acid groups (broad SMARTS) is 1. The number of benzene rings is 3. The summed E-state index contributed by atoms with van der Waals surface area (Å²) >= 11 is 8.19. The molecule has 2 aliphatic rings. The predicted molar refractivity (Wildman–Crippen MR) is 226 cm³/mol. The molecule has 13 nitrogen and oxygen atoms in total. The van der Waals surface area contributed by atoms with Crippen molar-refractivity contribution in [2.45, 2.75) is 51.4 Å². The predicted octanol–water partition coefficient (Wildman–Crippen LogP) is 7.31. The Morgan fingerprint density at radius 2 is 1.84 bits per heavy atom. The standard InChI is InChI=1S/C43H43ClF3N7O6S/c1-25-29(10-11-32(38(25)44)58-19-18-53-16-14-52(2)15-17-53)36-37-34(22-48-40(36)30-8-5-7-27-21-35(55)50-39(27)30)61-51-41(37)60-33(42(56)57)20-26-6-3-4-9-31(26)59-23-28-12-13-49-54(28)24-43(45,46)47/h3-13,22,33,35,50,55H,14-21,23-24H2,1-2H3,(H,56,57). The molecular weight excluding hydrogens is 835 g/mol. The molecule has 0 spiro atoms. The van der Waals surface area contributed by atoms with E-state index in [0.29, 0.717) is 67.4 Å². The van der Waals surface area contributed by atoms with Gasteiger partial charge in [0.2, 0.25) is 12.0 Å². The summed E-state index contributed by atoms with van der Waals surface area (Å²) in [5, 5.41) is 29.0. The van der Waals surface area contributed by atoms with Gasteiger partial charge in [0.25, 0.3) is 0 Å². The summed E-state index contributed by atoms with van der Waals surface area (Å²) < 4.78 is 64.0. The summed E-state index contributed by atoms with van der Waals surface area (Å²) in [4.78, 5) is 22.5. The van der Waals surface area contributed by atoms with Crippen molar-refractivity contribution < 1.29 is 42.4 Å². The third-order valence-electron chi connectivity index (χ3n) is 10.9. The minimum absolute atomic E-state index is 0.0593. The van der Waals surface area contributed by atoms with Gasteiger partial charge >= 0.3 is 12.1 Å². The number of anilines is 1. The number of pyridine rings is 1. The van der Waals surface area contributed by atoms with Gasteiger partial charge in [-0.05, 0) is 66.0 Å². The molecule has 2 aliphatic heterocycles. The largest absolute Gasteiger partial charge is 0.491 e. The first kappa shape index (κ1) is 42.2. The third kappa shape index (κ3) is 9.40. The lowest BCUT2D eigenvalue weighted by Gasteiger charge is -2.32. The summed E-state index contributed by atoms with van der Waals surface area (Å²) in [7, 11) is 2.11. The number of nitrogens with zero attached hydrogens (tertiary/aromatic N) is 6. The number of aliphatic hydroxyl groups excluding tert-OH is 1. The summed E-state index contributed by atoms with van der Waals surface area (Å²) in [5.74, 6) is -0.410. The zero-order valence-electron chi connectivity index (χ0n) is 33.3. The highest BCUT2D eigenvalue weighted by Crippen LogP contribution is 2.48. The third-order valence-corrected chi connectivity index (χ3v) is 12.1. The fourth-order valence-corrected chi connectivity index (χ4v) is 8.61. The van der Waals surface area contributed by atoms with E-state index in [-0.39, 0.29) is 30.4 Å². The molecule has 0 radical (unpaired) electrons. The number of carbonyl (C=O) groups is 1. The van der Waals surface area contributed by atoms with Crippen LogP contribution in [-0.2, 0) is 30.8 Å². The number of ether oxygens (including phenoxy) is 3. The van der Waals surface area contributed by atoms with Crippen molar-refractivity contribution in [3.8, 4) is 39.8 Å². The molecule has 2 unspecified atom stereocenters. The van der Waals surface area contributed by atoms with E-state index in [1.807, 2.05) is 37.3 Å². The molecule has 3 N–H and O–H groups in total. The number of aliphatic carboxylic acids is 1. The normalized spacial score (nSPS) is 16.3. The second-order valence-electron chi connectivity index (χ2n) is 15.1. The first-order valence-corrected chi connectivity index (χ1v) is 20.8. The maximum absolute atomic E-state index is 13.1. The molecule has 18 heteroatoms. The van der Waals surface area contributed by atoms with Crippen LogP contribution in [0.5, 0.6) is 17.4 Å². The van der Waals surface area contributed by atoms with Gasteiger partial charge in [-0.25, -0.2) is 4.79 Å². The van der Waals surface area contributed by atoms with Crippen molar-refractivity contribution >= 4 is 44.9 Å². The maximum atomic E-state index is 13.1. The van der Waals surface area contributed by atoms with Crippen LogP contribution in [0, 0.1) is 6.92 Å². The van der Waals surface area contributed by atoms with Gasteiger partial charge in [-0.15, -0.1) is 0 Å². The molecular formula is C43H43ClF3N7O6S. The second kappa shape index (κ2) is 17.9. The van der Waals surface area contributed by atoms with Crippen LogP contribution in [0.2, 0.25) is 5.02 Å². The Morgan fingerprint density at radius 3 is 2.62 bits per heavy atom. The molecule has 320 valence electrons. The molecule has 0 amide bonds. The Hall–Kier alpha value is -5.46. The number of hydrogen-bond donors (Lipinski definition) is 3. The van der Waals surface area contributed by atoms with Crippen molar-refractivity contribution in [1.29, 1.82) is 0 Å². The van der Waals surface area contributed by atoms with Crippen molar-refractivity contribution in [2.24, 2.45) is 0 Å². The topological polar surface area (TPSA) is 147 Å². The molecule has 0 aliphatic carbocycles. The number of likely N-dealkylation sites (N-methyl/N-ethyl adjacent to an activating group) is 1. The number of carboxylic acids is 1. The minimum Gasteiger partial charge on any atom is -0.491 e. The van der Waals surface area contributed by atoms with E-state index in [1.165, 1.54) is 12.3 Å². The van der Waals surface area contributed by atoms with Crippen LogP contribution in [-0.4, -0.2) is 110 Å². The maximum Gasteiger partial charge on any atom is 0.408 e. The number of aliphatic hydroxyl groups is 1. The van der Waals surface area contributed by atoms with Crippen molar-refractivity contribution in [2.75, 3.05) is 51.7 Å². The molecule has 8 rings (SSSR count). The lowest BCUT2D eigenvalue weighted by molar-refractivity contribution is -0.145.